The second-order valence-corrected chi connectivity index (χ2v) is 7.43. The van der Waals surface area contributed by atoms with E-state index in [0.717, 1.165) is 28.7 Å². The molecule has 0 bridgehead atoms. The van der Waals surface area contributed by atoms with E-state index < -0.39 is 0 Å². The Morgan fingerprint density at radius 3 is 2.28 bits per heavy atom. The van der Waals surface area contributed by atoms with Crippen LogP contribution in [0.15, 0.2) is 72.6 Å². The van der Waals surface area contributed by atoms with Gasteiger partial charge in [-0.2, -0.15) is 30.3 Å². The molecule has 0 aliphatic carbocycles. The zero-order valence-electron chi connectivity index (χ0n) is 18.5. The maximum atomic E-state index is 10.0. The molecule has 1 aromatic heterocycles. The molecule has 2 aromatic carbocycles. The summed E-state index contributed by atoms with van der Waals surface area (Å²) in [7, 11) is 0. The predicted molar refractivity (Wildman–Crippen MR) is 123 cm³/mol. The molecule has 32 heavy (non-hydrogen) atoms. The molecule has 2 heterocycles. The first-order chi connectivity index (χ1) is 14.9. The smallest absolute Gasteiger partial charge is 0.512 e. The number of hydrogen-bond acceptors (Lipinski definition) is 6. The summed E-state index contributed by atoms with van der Waals surface area (Å²) >= 11 is 0. The van der Waals surface area contributed by atoms with E-state index in [1.165, 1.54) is 19.9 Å². The van der Waals surface area contributed by atoms with Crippen molar-refractivity contribution in [3.63, 3.8) is 0 Å². The fourth-order valence-corrected chi connectivity index (χ4v) is 3.00. The number of fused-ring (bicyclic) bond motifs is 1. The van der Waals surface area contributed by atoms with E-state index in [2.05, 4.69) is 41.9 Å². The van der Waals surface area contributed by atoms with Crippen LogP contribution in [0.1, 0.15) is 39.3 Å². The standard InChI is InChI=1S/C20H18N4.C5H8O2.Pt/c1-15(2)18-13-21-19-20(22-18)24(17-11-7-4-8-12-17)14-23(19)16-9-5-3-6-10-16;1-4(6)3-5(2)7;/h3-9,11-15H,1-2H3;3,6H,1-2H3;/q-2;;+2/b;4-3-;. The van der Waals surface area contributed by atoms with Crippen molar-refractivity contribution in [2.75, 3.05) is 9.80 Å². The average molecular weight is 610 g/mol. The molecule has 0 fully saturated rings. The third kappa shape index (κ3) is 6.27. The van der Waals surface area contributed by atoms with Crippen molar-refractivity contribution < 1.29 is 31.0 Å². The van der Waals surface area contributed by atoms with Crippen LogP contribution in [0, 0.1) is 12.7 Å². The van der Waals surface area contributed by atoms with Crippen molar-refractivity contribution in [2.24, 2.45) is 0 Å². The van der Waals surface area contributed by atoms with E-state index in [4.69, 9.17) is 10.1 Å². The largest absolute Gasteiger partial charge is 2.00 e. The molecule has 1 aliphatic rings. The summed E-state index contributed by atoms with van der Waals surface area (Å²) in [6, 6.07) is 21.4. The molecule has 1 aliphatic heterocycles. The first-order valence-electron chi connectivity index (χ1n) is 10.1. The first kappa shape index (κ1) is 25.3. The Balaban J connectivity index is 0.000000398. The molecular formula is C25H26N4O2Pt. The maximum absolute atomic E-state index is 10.0. The van der Waals surface area contributed by atoms with Crippen molar-refractivity contribution in [2.45, 2.75) is 33.6 Å². The Morgan fingerprint density at radius 2 is 1.75 bits per heavy atom. The van der Waals surface area contributed by atoms with Gasteiger partial charge in [0.05, 0.1) is 17.6 Å². The molecule has 7 heteroatoms. The van der Waals surface area contributed by atoms with Gasteiger partial charge in [0.15, 0.2) is 5.78 Å². The number of allylic oxidation sites excluding steroid dienone is 2. The third-order valence-electron chi connectivity index (χ3n) is 4.43. The van der Waals surface area contributed by atoms with Crippen molar-refractivity contribution in [3.05, 3.63) is 91.1 Å². The molecule has 3 aromatic rings. The zero-order valence-corrected chi connectivity index (χ0v) is 20.7. The number of anilines is 4. The molecule has 0 amide bonds. The van der Waals surface area contributed by atoms with Gasteiger partial charge in [-0.1, -0.05) is 32.0 Å². The fraction of sp³-hybridized carbons (Fsp3) is 0.200. The van der Waals surface area contributed by atoms with Crippen LogP contribution in [0.4, 0.5) is 23.0 Å². The van der Waals surface area contributed by atoms with Crippen LogP contribution in [0.2, 0.25) is 0 Å². The number of carbonyl (C=O) groups excluding carboxylic acids is 1. The second kappa shape index (κ2) is 11.6. The van der Waals surface area contributed by atoms with Gasteiger partial charge in [-0.05, 0) is 31.9 Å². The molecule has 0 saturated heterocycles. The number of ketones is 1. The van der Waals surface area contributed by atoms with Crippen LogP contribution in [0.5, 0.6) is 0 Å². The number of aliphatic hydroxyl groups is 1. The van der Waals surface area contributed by atoms with Crippen LogP contribution in [-0.4, -0.2) is 20.9 Å². The number of aliphatic hydroxyl groups excluding tert-OH is 1. The molecule has 0 atom stereocenters. The summed E-state index contributed by atoms with van der Waals surface area (Å²) < 4.78 is 0. The number of benzene rings is 2. The number of carbonyl (C=O) groups is 1. The van der Waals surface area contributed by atoms with Gasteiger partial charge < -0.3 is 14.9 Å². The summed E-state index contributed by atoms with van der Waals surface area (Å²) in [5.41, 5.74) is 3.00. The Morgan fingerprint density at radius 1 is 1.06 bits per heavy atom. The second-order valence-electron chi connectivity index (χ2n) is 7.43. The minimum Gasteiger partial charge on any atom is -0.512 e. The molecule has 4 rings (SSSR count). The summed E-state index contributed by atoms with van der Waals surface area (Å²) in [4.78, 5) is 23.7. The number of para-hydroxylation sites is 2. The van der Waals surface area contributed by atoms with Gasteiger partial charge in [-0.3, -0.25) is 4.79 Å². The molecule has 0 saturated carbocycles. The first-order valence-corrected chi connectivity index (χ1v) is 10.1. The molecule has 0 radical (unpaired) electrons. The van der Waals surface area contributed by atoms with E-state index in [9.17, 15) is 4.79 Å². The Labute approximate surface area is 203 Å². The molecule has 0 spiro atoms. The van der Waals surface area contributed by atoms with Gasteiger partial charge in [-0.25, -0.2) is 9.97 Å². The summed E-state index contributed by atoms with van der Waals surface area (Å²) in [5.74, 6) is 1.95. The number of aromatic nitrogens is 2. The van der Waals surface area contributed by atoms with Crippen LogP contribution < -0.4 is 9.80 Å². The van der Waals surface area contributed by atoms with Gasteiger partial charge in [0.25, 0.3) is 0 Å². The summed E-state index contributed by atoms with van der Waals surface area (Å²) in [6.45, 7) is 9.13. The number of nitrogens with zero attached hydrogens (tertiary/aromatic N) is 4. The van der Waals surface area contributed by atoms with E-state index in [0.29, 0.717) is 5.92 Å². The topological polar surface area (TPSA) is 69.6 Å². The van der Waals surface area contributed by atoms with Gasteiger partial charge in [0.2, 0.25) is 0 Å². The van der Waals surface area contributed by atoms with Gasteiger partial charge in [0, 0.05) is 11.8 Å². The monoisotopic (exact) mass is 609 g/mol. The quantitative estimate of drug-likeness (QED) is 0.228. The average Bonchev–Trinajstić information content (AvgIpc) is 3.13. The number of hydrogen-bond donors (Lipinski definition) is 1. The molecule has 168 valence electrons. The Bertz CT molecular complexity index is 1050. The molecule has 1 N–H and O–H groups in total. The van der Waals surface area contributed by atoms with Crippen molar-refractivity contribution in [1.82, 2.24) is 9.97 Å². The molecular weight excluding hydrogens is 583 g/mol. The zero-order chi connectivity index (χ0) is 22.4. The van der Waals surface area contributed by atoms with Crippen molar-refractivity contribution in [1.29, 1.82) is 0 Å². The van der Waals surface area contributed by atoms with Crippen molar-refractivity contribution in [3.8, 4) is 0 Å². The van der Waals surface area contributed by atoms with Gasteiger partial charge in [0.1, 0.15) is 11.6 Å². The SMILES string of the molecule is CC(=O)/C=C(/C)O.CC(C)c1cnc2c(n1)N(c1ccccc1)[CH-]N2c1[c-]cccc1.[Pt+2]. The number of rotatable bonds is 4. The van der Waals surface area contributed by atoms with E-state index in [1.807, 2.05) is 60.2 Å². The summed E-state index contributed by atoms with van der Waals surface area (Å²) in [6.07, 6.45) is 3.03. The maximum Gasteiger partial charge on any atom is 2.00 e. The van der Waals surface area contributed by atoms with Crippen LogP contribution in [-0.2, 0) is 25.9 Å². The normalized spacial score (nSPS) is 12.6. The van der Waals surface area contributed by atoms with E-state index >= 15 is 0 Å². The predicted octanol–water partition coefficient (Wildman–Crippen LogP) is 5.84. The molecule has 6 nitrogen and oxygen atoms in total. The Hall–Kier alpha value is -2.98. The molecule has 0 unspecified atom stereocenters. The minimum atomic E-state index is -0.125. The van der Waals surface area contributed by atoms with Gasteiger partial charge >= 0.3 is 21.1 Å². The summed E-state index contributed by atoms with van der Waals surface area (Å²) in [5, 5.41) is 8.36. The van der Waals surface area contributed by atoms with Gasteiger partial charge in [-0.15, -0.1) is 12.4 Å². The van der Waals surface area contributed by atoms with Crippen molar-refractivity contribution >= 4 is 28.8 Å². The van der Waals surface area contributed by atoms with Crippen LogP contribution >= 0.6 is 0 Å². The third-order valence-corrected chi connectivity index (χ3v) is 4.43. The minimum absolute atomic E-state index is 0. The van der Waals surface area contributed by atoms with Crippen LogP contribution in [0.25, 0.3) is 0 Å². The van der Waals surface area contributed by atoms with E-state index in [1.54, 1.807) is 0 Å². The van der Waals surface area contributed by atoms with E-state index in [-0.39, 0.29) is 32.6 Å². The van der Waals surface area contributed by atoms with Crippen LogP contribution in [0.3, 0.4) is 0 Å². The fourth-order valence-electron chi connectivity index (χ4n) is 3.00. The Kier molecular flexibility index (Phi) is 9.15.